The van der Waals surface area contributed by atoms with Crippen molar-refractivity contribution < 1.29 is 27.6 Å². The quantitative estimate of drug-likeness (QED) is 0.234. The normalized spacial score (nSPS) is 20.4. The van der Waals surface area contributed by atoms with E-state index in [0.717, 1.165) is 11.8 Å². The van der Waals surface area contributed by atoms with Gasteiger partial charge in [-0.05, 0) is 60.9 Å². The average Bonchev–Trinajstić information content (AvgIpc) is 2.91. The Morgan fingerprint density at radius 1 is 1.00 bits per heavy atom. The molecule has 2 aromatic carbocycles. The minimum atomic E-state index is -4.88. The van der Waals surface area contributed by atoms with Gasteiger partial charge in [0.1, 0.15) is 24.1 Å². The van der Waals surface area contributed by atoms with Gasteiger partial charge in [0.05, 0.1) is 11.0 Å². The van der Waals surface area contributed by atoms with Gasteiger partial charge >= 0.3 is 11.9 Å². The third-order valence-electron chi connectivity index (χ3n) is 7.74. The Balaban J connectivity index is 1.54. The van der Waals surface area contributed by atoms with Gasteiger partial charge < -0.3 is 24.6 Å². The van der Waals surface area contributed by atoms with E-state index in [1.54, 1.807) is 4.90 Å². The van der Waals surface area contributed by atoms with Crippen molar-refractivity contribution in [3.8, 4) is 0 Å². The van der Waals surface area contributed by atoms with Crippen LogP contribution in [0.2, 0.25) is 0 Å². The summed E-state index contributed by atoms with van der Waals surface area (Å²) in [5.74, 6) is 0. The number of nitrogens with zero attached hydrogens (tertiary/aromatic N) is 3. The van der Waals surface area contributed by atoms with Crippen molar-refractivity contribution in [1.29, 1.82) is 0 Å². The second-order valence-corrected chi connectivity index (χ2v) is 11.5. The summed E-state index contributed by atoms with van der Waals surface area (Å²) in [5.41, 5.74) is 0.276. The van der Waals surface area contributed by atoms with Crippen LogP contribution in [0.5, 0.6) is 0 Å². The summed E-state index contributed by atoms with van der Waals surface area (Å²) >= 11 is 0. The van der Waals surface area contributed by atoms with Crippen LogP contribution in [0.1, 0.15) is 57.6 Å². The Morgan fingerprint density at radius 2 is 1.60 bits per heavy atom. The van der Waals surface area contributed by atoms with E-state index in [4.69, 9.17) is 4.74 Å². The molecule has 4 rings (SSSR count). The number of nitro groups is 1. The second kappa shape index (κ2) is 12.0. The topological polar surface area (TPSA) is 88.0 Å². The first kappa shape index (κ1) is 29.6. The van der Waals surface area contributed by atoms with Crippen molar-refractivity contribution in [2.24, 2.45) is 0 Å². The Morgan fingerprint density at radius 3 is 2.12 bits per heavy atom. The lowest BCUT2D eigenvalue weighted by Gasteiger charge is -2.38. The van der Waals surface area contributed by atoms with Gasteiger partial charge in [-0.1, -0.05) is 32.9 Å². The van der Waals surface area contributed by atoms with Crippen LogP contribution < -0.4 is 15.1 Å². The fraction of sp³-hybridized carbons (Fsp3) is 0.552. The molecule has 218 valence electrons. The van der Waals surface area contributed by atoms with Crippen molar-refractivity contribution in [2.45, 2.75) is 70.2 Å². The second-order valence-electron chi connectivity index (χ2n) is 11.5. The average molecular weight is 563 g/mol. The van der Waals surface area contributed by atoms with Crippen molar-refractivity contribution in [1.82, 2.24) is 0 Å². The lowest BCUT2D eigenvalue weighted by atomic mass is 9.87. The molecule has 0 radical (unpaired) electrons. The molecule has 1 saturated carbocycles. The highest BCUT2D eigenvalue weighted by molar-refractivity contribution is 5.74. The summed E-state index contributed by atoms with van der Waals surface area (Å²) in [6.07, 6.45) is -1.57. The molecule has 0 spiro atoms. The minimum Gasteiger partial charge on any atom is -0.382 e. The minimum absolute atomic E-state index is 0.0203. The lowest BCUT2D eigenvalue weighted by molar-refractivity contribution is -0.387. The number of hydrogen-bond acceptors (Lipinski definition) is 7. The zero-order valence-corrected chi connectivity index (χ0v) is 23.2. The molecule has 0 amide bonds. The summed E-state index contributed by atoms with van der Waals surface area (Å²) in [7, 11) is 0. The van der Waals surface area contributed by atoms with E-state index in [-0.39, 0.29) is 35.5 Å². The Kier molecular flexibility index (Phi) is 8.92. The van der Waals surface area contributed by atoms with Gasteiger partial charge in [-0.3, -0.25) is 10.1 Å². The Labute approximate surface area is 232 Å². The van der Waals surface area contributed by atoms with E-state index in [0.29, 0.717) is 58.1 Å². The standard InChI is InChI=1S/C29H37F3N4O4/c1-28(2,3)20-4-8-23(9-5-20)34-12-14-35(15-13-34)26-19-22(18-25(29(30,31)32)27(26)36(38)39)33-21-6-10-24(11-7-21)40-17-16-37/h4-5,8-9,16,18-19,21,24,33H,6-7,10-15,17H2,1-3H3. The number of rotatable bonds is 8. The number of nitrogens with one attached hydrogen (secondary N) is 1. The van der Waals surface area contributed by atoms with Crippen molar-refractivity contribution in [2.75, 3.05) is 47.9 Å². The molecular weight excluding hydrogens is 525 g/mol. The summed E-state index contributed by atoms with van der Waals surface area (Å²) in [4.78, 5) is 25.4. The number of halogens is 3. The molecule has 0 atom stereocenters. The van der Waals surface area contributed by atoms with Gasteiger partial charge in [-0.25, -0.2) is 0 Å². The van der Waals surface area contributed by atoms with E-state index in [1.165, 1.54) is 11.6 Å². The molecule has 2 fully saturated rings. The fourth-order valence-electron chi connectivity index (χ4n) is 5.51. The molecule has 1 aliphatic carbocycles. The number of ether oxygens (including phenoxy) is 1. The maximum absolute atomic E-state index is 14.1. The fourth-order valence-corrected chi connectivity index (χ4v) is 5.51. The van der Waals surface area contributed by atoms with Crippen molar-refractivity contribution in [3.05, 3.63) is 57.6 Å². The first-order chi connectivity index (χ1) is 18.9. The van der Waals surface area contributed by atoms with Crippen LogP contribution in [-0.4, -0.2) is 56.1 Å². The number of carbonyl (C=O) groups is 1. The molecule has 1 heterocycles. The zero-order chi connectivity index (χ0) is 29.1. The molecule has 1 N–H and O–H groups in total. The summed E-state index contributed by atoms with van der Waals surface area (Å²) in [6.45, 7) is 8.19. The molecule has 11 heteroatoms. The van der Waals surface area contributed by atoms with E-state index in [9.17, 15) is 28.1 Å². The molecule has 2 aromatic rings. The maximum Gasteiger partial charge on any atom is 0.423 e. The smallest absolute Gasteiger partial charge is 0.382 e. The van der Waals surface area contributed by atoms with Gasteiger partial charge in [-0.15, -0.1) is 0 Å². The molecule has 1 saturated heterocycles. The molecule has 1 aliphatic heterocycles. The van der Waals surface area contributed by atoms with E-state index in [2.05, 4.69) is 43.1 Å². The van der Waals surface area contributed by atoms with Gasteiger partial charge in [-0.2, -0.15) is 13.2 Å². The van der Waals surface area contributed by atoms with Gasteiger partial charge in [0.2, 0.25) is 0 Å². The van der Waals surface area contributed by atoms with Crippen LogP contribution >= 0.6 is 0 Å². The summed E-state index contributed by atoms with van der Waals surface area (Å²) < 4.78 is 47.7. The SMILES string of the molecule is CC(C)(C)c1ccc(N2CCN(c3cc(NC4CCC(OCC=O)CC4)cc(C(F)(F)F)c3[N+](=O)[O-])CC2)cc1. The number of anilines is 3. The van der Waals surface area contributed by atoms with Crippen LogP contribution in [0.15, 0.2) is 36.4 Å². The predicted octanol–water partition coefficient (Wildman–Crippen LogP) is 6.18. The molecule has 40 heavy (non-hydrogen) atoms. The molecule has 0 aromatic heterocycles. The highest BCUT2D eigenvalue weighted by atomic mass is 19.4. The number of carbonyl (C=O) groups excluding carboxylic acids is 1. The molecule has 0 bridgehead atoms. The third kappa shape index (κ3) is 7.04. The van der Waals surface area contributed by atoms with Crippen LogP contribution in [0, 0.1) is 10.1 Å². The number of aldehydes is 1. The van der Waals surface area contributed by atoms with Crippen LogP contribution in [0.25, 0.3) is 0 Å². The van der Waals surface area contributed by atoms with E-state index in [1.807, 2.05) is 12.1 Å². The molecular formula is C29H37F3N4O4. The summed E-state index contributed by atoms with van der Waals surface area (Å²) in [6, 6.07) is 10.5. The first-order valence-electron chi connectivity index (χ1n) is 13.7. The number of hydrogen-bond donors (Lipinski definition) is 1. The van der Waals surface area contributed by atoms with E-state index < -0.39 is 22.4 Å². The lowest BCUT2D eigenvalue weighted by Crippen LogP contribution is -2.46. The molecule has 8 nitrogen and oxygen atoms in total. The monoisotopic (exact) mass is 562 g/mol. The molecule has 2 aliphatic rings. The van der Waals surface area contributed by atoms with Crippen molar-refractivity contribution in [3.63, 3.8) is 0 Å². The highest BCUT2D eigenvalue weighted by Gasteiger charge is 2.42. The van der Waals surface area contributed by atoms with E-state index >= 15 is 0 Å². The maximum atomic E-state index is 14.1. The zero-order valence-electron chi connectivity index (χ0n) is 23.2. The highest BCUT2D eigenvalue weighted by Crippen LogP contribution is 2.44. The van der Waals surface area contributed by atoms with Gasteiger partial charge in [0, 0.05) is 43.6 Å². The number of benzene rings is 2. The Hall–Kier alpha value is -3.34. The van der Waals surface area contributed by atoms with Crippen LogP contribution in [0.3, 0.4) is 0 Å². The van der Waals surface area contributed by atoms with Crippen LogP contribution in [0.4, 0.5) is 35.9 Å². The van der Waals surface area contributed by atoms with Crippen LogP contribution in [-0.2, 0) is 21.1 Å². The van der Waals surface area contributed by atoms with Crippen molar-refractivity contribution >= 4 is 29.0 Å². The number of nitro benzene ring substituents is 1. The third-order valence-corrected chi connectivity index (χ3v) is 7.74. The molecule has 0 unspecified atom stereocenters. The largest absolute Gasteiger partial charge is 0.423 e. The predicted molar refractivity (Wildman–Crippen MR) is 149 cm³/mol. The number of piperazine rings is 1. The summed E-state index contributed by atoms with van der Waals surface area (Å²) in [5, 5.41) is 15.1. The first-order valence-corrected chi connectivity index (χ1v) is 13.7. The van der Waals surface area contributed by atoms with Gasteiger partial charge in [0.25, 0.3) is 0 Å². The Bertz CT molecular complexity index is 1180. The number of alkyl halides is 3. The van der Waals surface area contributed by atoms with Gasteiger partial charge in [0.15, 0.2) is 0 Å².